The van der Waals surface area contributed by atoms with Gasteiger partial charge < -0.3 is 9.64 Å². The van der Waals surface area contributed by atoms with Crippen LogP contribution in [0.3, 0.4) is 0 Å². The molecule has 2 aromatic rings. The average molecular weight is 326 g/mol. The van der Waals surface area contributed by atoms with Crippen LogP contribution in [0.4, 0.5) is 4.79 Å². The number of pyridine rings is 1. The molecule has 1 unspecified atom stereocenters. The number of carbonyl (C=O) groups excluding carboxylic acids is 1. The zero-order chi connectivity index (χ0) is 17.3. The number of fused-ring (bicyclic) bond motifs is 1. The summed E-state index contributed by atoms with van der Waals surface area (Å²) in [5, 5.41) is 0. The van der Waals surface area contributed by atoms with E-state index in [1.807, 2.05) is 45.9 Å². The lowest BCUT2D eigenvalue weighted by atomic mass is 10.00. The molecule has 0 aliphatic carbocycles. The maximum absolute atomic E-state index is 12.4. The molecule has 24 heavy (non-hydrogen) atoms. The van der Waals surface area contributed by atoms with E-state index in [-0.39, 0.29) is 12.1 Å². The monoisotopic (exact) mass is 326 g/mol. The highest BCUT2D eigenvalue weighted by molar-refractivity contribution is 5.69. The molecule has 0 N–H and O–H groups in total. The Bertz CT molecular complexity index is 740. The molecular formula is C18H22N4O2. The van der Waals surface area contributed by atoms with Crippen LogP contribution >= 0.6 is 0 Å². The normalized spacial score (nSPS) is 17.3. The molecule has 0 radical (unpaired) electrons. The number of carbonyl (C=O) groups is 1. The summed E-state index contributed by atoms with van der Waals surface area (Å²) in [6.45, 7) is 8.18. The lowest BCUT2D eigenvalue weighted by Crippen LogP contribution is -2.42. The molecule has 2 aromatic heterocycles. The third kappa shape index (κ3) is 3.37. The Balaban J connectivity index is 1.84. The summed E-state index contributed by atoms with van der Waals surface area (Å²) in [6, 6.07) is 5.56. The van der Waals surface area contributed by atoms with Gasteiger partial charge in [0.1, 0.15) is 11.3 Å². The lowest BCUT2D eigenvalue weighted by molar-refractivity contribution is 0.0158. The maximum atomic E-state index is 12.4. The molecule has 1 aliphatic heterocycles. The molecule has 0 spiro atoms. The molecule has 1 amide bonds. The summed E-state index contributed by atoms with van der Waals surface area (Å²) >= 11 is 0. The number of aromatic nitrogens is 3. The fourth-order valence-corrected chi connectivity index (χ4v) is 2.75. The Morgan fingerprint density at radius 2 is 2.08 bits per heavy atom. The van der Waals surface area contributed by atoms with Crippen LogP contribution in [0.1, 0.15) is 45.0 Å². The van der Waals surface area contributed by atoms with E-state index in [9.17, 15) is 4.79 Å². The highest BCUT2D eigenvalue weighted by atomic mass is 16.6. The Labute approximate surface area is 141 Å². The molecule has 126 valence electrons. The molecule has 0 saturated carbocycles. The third-order valence-electron chi connectivity index (χ3n) is 3.93. The number of hydrogen-bond donors (Lipinski definition) is 0. The van der Waals surface area contributed by atoms with E-state index in [4.69, 9.17) is 4.74 Å². The van der Waals surface area contributed by atoms with Crippen LogP contribution in [0.5, 0.6) is 0 Å². The fraction of sp³-hybridized carbons (Fsp3) is 0.444. The Morgan fingerprint density at radius 1 is 1.29 bits per heavy atom. The van der Waals surface area contributed by atoms with Gasteiger partial charge >= 0.3 is 6.09 Å². The van der Waals surface area contributed by atoms with Gasteiger partial charge in [0.15, 0.2) is 5.82 Å². The smallest absolute Gasteiger partial charge is 0.410 e. The number of amides is 1. The number of nitrogens with zero attached hydrogens (tertiary/aromatic N) is 4. The highest BCUT2D eigenvalue weighted by Crippen LogP contribution is 2.30. The molecule has 6 heteroatoms. The van der Waals surface area contributed by atoms with Gasteiger partial charge in [-0.2, -0.15) is 0 Å². The predicted octanol–water partition coefficient (Wildman–Crippen LogP) is 3.39. The Morgan fingerprint density at radius 3 is 2.75 bits per heavy atom. The van der Waals surface area contributed by atoms with Crippen molar-refractivity contribution < 1.29 is 9.53 Å². The lowest BCUT2D eigenvalue weighted by Gasteiger charge is -2.35. The standard InChI is InChI=1S/C18H22N4O2/c1-12-13-11-20-16(15-7-5-6-9-19-15)21-14(13)8-10-22(12)17(23)24-18(2,3)4/h5-7,9,11-12H,8,10H2,1-4H3. The van der Waals surface area contributed by atoms with Crippen molar-refractivity contribution in [3.8, 4) is 11.5 Å². The molecule has 1 aliphatic rings. The van der Waals surface area contributed by atoms with E-state index in [2.05, 4.69) is 15.0 Å². The van der Waals surface area contributed by atoms with Crippen LogP contribution in [0.2, 0.25) is 0 Å². The van der Waals surface area contributed by atoms with Crippen LogP contribution in [-0.2, 0) is 11.2 Å². The van der Waals surface area contributed by atoms with Crippen molar-refractivity contribution in [1.29, 1.82) is 0 Å². The van der Waals surface area contributed by atoms with Gasteiger partial charge in [-0.25, -0.2) is 14.8 Å². The van der Waals surface area contributed by atoms with Gasteiger partial charge in [-0.1, -0.05) is 6.07 Å². The summed E-state index contributed by atoms with van der Waals surface area (Å²) in [5.74, 6) is 0.618. The van der Waals surface area contributed by atoms with E-state index >= 15 is 0 Å². The topological polar surface area (TPSA) is 68.2 Å². The van der Waals surface area contributed by atoms with Crippen molar-refractivity contribution in [3.05, 3.63) is 41.9 Å². The van der Waals surface area contributed by atoms with Crippen LogP contribution in [0, 0.1) is 0 Å². The molecule has 0 bridgehead atoms. The van der Waals surface area contributed by atoms with Crippen molar-refractivity contribution in [3.63, 3.8) is 0 Å². The minimum atomic E-state index is -0.504. The molecule has 0 aromatic carbocycles. The van der Waals surface area contributed by atoms with Crippen molar-refractivity contribution in [2.45, 2.75) is 45.8 Å². The number of rotatable bonds is 1. The van der Waals surface area contributed by atoms with E-state index in [0.717, 1.165) is 17.0 Å². The van der Waals surface area contributed by atoms with Gasteiger partial charge in [0.2, 0.25) is 0 Å². The highest BCUT2D eigenvalue weighted by Gasteiger charge is 2.32. The molecule has 3 rings (SSSR count). The molecule has 3 heterocycles. The Kier molecular flexibility index (Phi) is 4.22. The molecular weight excluding hydrogens is 304 g/mol. The zero-order valence-corrected chi connectivity index (χ0v) is 14.5. The van der Waals surface area contributed by atoms with E-state index in [1.165, 1.54) is 0 Å². The van der Waals surface area contributed by atoms with Crippen molar-refractivity contribution in [1.82, 2.24) is 19.9 Å². The summed E-state index contributed by atoms with van der Waals surface area (Å²) < 4.78 is 5.49. The largest absolute Gasteiger partial charge is 0.444 e. The van der Waals surface area contributed by atoms with E-state index in [0.29, 0.717) is 18.8 Å². The van der Waals surface area contributed by atoms with Crippen LogP contribution in [0.15, 0.2) is 30.6 Å². The first-order chi connectivity index (χ1) is 11.3. The summed E-state index contributed by atoms with van der Waals surface area (Å²) in [7, 11) is 0. The zero-order valence-electron chi connectivity index (χ0n) is 14.5. The van der Waals surface area contributed by atoms with Crippen LogP contribution in [-0.4, -0.2) is 38.1 Å². The van der Waals surface area contributed by atoms with E-state index in [1.54, 1.807) is 17.3 Å². The molecule has 6 nitrogen and oxygen atoms in total. The van der Waals surface area contributed by atoms with Gasteiger partial charge in [0.05, 0.1) is 11.7 Å². The summed E-state index contributed by atoms with van der Waals surface area (Å²) in [4.78, 5) is 27.5. The fourth-order valence-electron chi connectivity index (χ4n) is 2.75. The maximum Gasteiger partial charge on any atom is 0.410 e. The third-order valence-corrected chi connectivity index (χ3v) is 3.93. The molecule has 0 fully saturated rings. The second-order valence-electron chi connectivity index (χ2n) is 6.91. The van der Waals surface area contributed by atoms with Gasteiger partial charge in [0.25, 0.3) is 0 Å². The summed E-state index contributed by atoms with van der Waals surface area (Å²) in [6.07, 6.45) is 3.91. The van der Waals surface area contributed by atoms with Crippen molar-refractivity contribution in [2.75, 3.05) is 6.54 Å². The van der Waals surface area contributed by atoms with Crippen molar-refractivity contribution >= 4 is 6.09 Å². The second-order valence-corrected chi connectivity index (χ2v) is 6.91. The number of hydrogen-bond acceptors (Lipinski definition) is 5. The first kappa shape index (κ1) is 16.4. The Hall–Kier alpha value is -2.50. The molecule has 0 saturated heterocycles. The van der Waals surface area contributed by atoms with Gasteiger partial charge in [-0.3, -0.25) is 4.98 Å². The molecule has 1 atom stereocenters. The number of ether oxygens (including phenoxy) is 1. The SMILES string of the molecule is CC1c2cnc(-c3ccccn3)nc2CCN1C(=O)OC(C)(C)C. The first-order valence-electron chi connectivity index (χ1n) is 8.12. The quantitative estimate of drug-likeness (QED) is 0.803. The average Bonchev–Trinajstić information content (AvgIpc) is 2.54. The second kappa shape index (κ2) is 6.19. The minimum absolute atomic E-state index is 0.110. The minimum Gasteiger partial charge on any atom is -0.444 e. The first-order valence-corrected chi connectivity index (χ1v) is 8.12. The van der Waals surface area contributed by atoms with Gasteiger partial charge in [-0.05, 0) is 39.8 Å². The summed E-state index contributed by atoms with van der Waals surface area (Å²) in [5.41, 5.74) is 2.18. The van der Waals surface area contributed by atoms with Gasteiger partial charge in [0, 0.05) is 30.9 Å². The van der Waals surface area contributed by atoms with Crippen LogP contribution < -0.4 is 0 Å². The van der Waals surface area contributed by atoms with Crippen LogP contribution in [0.25, 0.3) is 11.5 Å². The van der Waals surface area contributed by atoms with Gasteiger partial charge in [-0.15, -0.1) is 0 Å². The van der Waals surface area contributed by atoms with Crippen molar-refractivity contribution in [2.24, 2.45) is 0 Å². The van der Waals surface area contributed by atoms with E-state index < -0.39 is 5.60 Å². The predicted molar refractivity (Wildman–Crippen MR) is 90.3 cm³/mol.